The Morgan fingerprint density at radius 3 is 2.29 bits per heavy atom. The summed E-state index contributed by atoms with van der Waals surface area (Å²) in [7, 11) is -2.15. The molecule has 2 bridgehead atoms. The van der Waals surface area contributed by atoms with Crippen LogP contribution in [0.2, 0.25) is 12.6 Å². The van der Waals surface area contributed by atoms with Gasteiger partial charge in [0.15, 0.2) is 0 Å². The van der Waals surface area contributed by atoms with Crippen LogP contribution in [0, 0.1) is 23.7 Å². The number of hydrogen-bond donors (Lipinski definition) is 2. The van der Waals surface area contributed by atoms with E-state index in [1.807, 2.05) is 32.5 Å². The Bertz CT molecular complexity index is 489. The normalized spacial score (nSPS) is 28.3. The van der Waals surface area contributed by atoms with Crippen molar-refractivity contribution in [3.05, 3.63) is 12.2 Å². The van der Waals surface area contributed by atoms with Crippen molar-refractivity contribution in [3.63, 3.8) is 0 Å². The smallest absolute Gasteiger partial charge is 0.334 e. The second-order valence-corrected chi connectivity index (χ2v) is 10.1. The number of carboxylic acids is 1. The Hall–Kier alpha value is -1.18. The Labute approximate surface area is 144 Å². The van der Waals surface area contributed by atoms with Crippen molar-refractivity contribution in [3.8, 4) is 0 Å². The highest BCUT2D eigenvalue weighted by Gasteiger charge is 2.51. The lowest BCUT2D eigenvalue weighted by molar-refractivity contribution is -0.147. The lowest BCUT2D eigenvalue weighted by atomic mass is 9.82. The van der Waals surface area contributed by atoms with Gasteiger partial charge < -0.3 is 19.3 Å². The lowest BCUT2D eigenvalue weighted by Crippen LogP contribution is -2.42. The number of allylic oxidation sites excluding steroid dienone is 2. The maximum atomic E-state index is 12.5. The summed E-state index contributed by atoms with van der Waals surface area (Å²) in [5.41, 5.74) is 0. The van der Waals surface area contributed by atoms with E-state index < -0.39 is 26.4 Å². The molecule has 136 valence electrons. The van der Waals surface area contributed by atoms with E-state index in [4.69, 9.17) is 8.85 Å². The molecule has 1 saturated carbocycles. The quantitative estimate of drug-likeness (QED) is 0.356. The van der Waals surface area contributed by atoms with E-state index in [1.165, 1.54) is 0 Å². The topological polar surface area (TPSA) is 84.9 Å². The molecule has 0 aromatic rings. The summed E-state index contributed by atoms with van der Waals surface area (Å²) in [5.74, 6) is -1.92. The van der Waals surface area contributed by atoms with Gasteiger partial charge in [0, 0.05) is 19.8 Å². The third kappa shape index (κ3) is 4.26. The molecular formula is C17H29NO5Si. The van der Waals surface area contributed by atoms with Crippen LogP contribution >= 0.6 is 0 Å². The van der Waals surface area contributed by atoms with Crippen molar-refractivity contribution in [1.82, 2.24) is 5.32 Å². The van der Waals surface area contributed by atoms with Gasteiger partial charge in [0.2, 0.25) is 5.91 Å². The Balaban J connectivity index is 1.81. The van der Waals surface area contributed by atoms with Crippen LogP contribution in [0.3, 0.4) is 0 Å². The zero-order valence-electron chi connectivity index (χ0n) is 14.8. The van der Waals surface area contributed by atoms with E-state index in [0.717, 1.165) is 18.9 Å². The molecule has 0 aromatic heterocycles. The third-order valence-electron chi connectivity index (χ3n) is 5.05. The summed E-state index contributed by atoms with van der Waals surface area (Å²) in [6, 6.07) is 0.813. The first-order valence-electron chi connectivity index (χ1n) is 8.88. The Morgan fingerprint density at radius 1 is 1.17 bits per heavy atom. The third-order valence-corrected chi connectivity index (χ3v) is 8.11. The van der Waals surface area contributed by atoms with Crippen molar-refractivity contribution in [2.45, 2.75) is 39.3 Å². The zero-order valence-corrected chi connectivity index (χ0v) is 15.8. The number of fused-ring (bicyclic) bond motifs is 2. The maximum absolute atomic E-state index is 12.5. The highest BCUT2D eigenvalue weighted by atomic mass is 28.4. The zero-order chi connectivity index (χ0) is 17.7. The molecule has 24 heavy (non-hydrogen) atoms. The molecule has 2 rings (SSSR count). The summed E-state index contributed by atoms with van der Waals surface area (Å²) >= 11 is 0. The molecule has 2 N–H and O–H groups in total. The first-order chi connectivity index (χ1) is 11.4. The number of carbonyl (C=O) groups excluding carboxylic acids is 1. The summed E-state index contributed by atoms with van der Waals surface area (Å²) in [5, 5.41) is 12.3. The van der Waals surface area contributed by atoms with Gasteiger partial charge in [-0.2, -0.15) is 0 Å². The second-order valence-electron chi connectivity index (χ2n) is 6.73. The number of nitrogens with one attached hydrogen (secondary N) is 1. The molecule has 0 aliphatic heterocycles. The van der Waals surface area contributed by atoms with E-state index in [2.05, 4.69) is 5.32 Å². The molecule has 2 aliphatic rings. The van der Waals surface area contributed by atoms with Crippen molar-refractivity contribution < 1.29 is 23.5 Å². The van der Waals surface area contributed by atoms with E-state index in [9.17, 15) is 14.7 Å². The minimum atomic E-state index is -2.15. The van der Waals surface area contributed by atoms with Gasteiger partial charge in [-0.05, 0) is 51.1 Å². The molecule has 4 atom stereocenters. The van der Waals surface area contributed by atoms with Gasteiger partial charge in [-0.1, -0.05) is 12.2 Å². The number of rotatable bonds is 10. The second kappa shape index (κ2) is 8.27. The Morgan fingerprint density at radius 2 is 1.75 bits per heavy atom. The maximum Gasteiger partial charge on any atom is 0.334 e. The van der Waals surface area contributed by atoms with Crippen LogP contribution < -0.4 is 5.32 Å². The minimum Gasteiger partial charge on any atom is -0.481 e. The van der Waals surface area contributed by atoms with E-state index in [1.54, 1.807) is 0 Å². The molecule has 2 unspecified atom stereocenters. The van der Waals surface area contributed by atoms with Crippen LogP contribution in [-0.2, 0) is 18.4 Å². The van der Waals surface area contributed by atoms with Gasteiger partial charge in [-0.15, -0.1) is 0 Å². The molecule has 2 aliphatic carbocycles. The summed E-state index contributed by atoms with van der Waals surface area (Å²) in [6.45, 7) is 7.76. The fourth-order valence-electron chi connectivity index (χ4n) is 4.05. The molecule has 7 heteroatoms. The van der Waals surface area contributed by atoms with Gasteiger partial charge in [0.25, 0.3) is 0 Å². The Kier molecular flexibility index (Phi) is 6.60. The largest absolute Gasteiger partial charge is 0.481 e. The van der Waals surface area contributed by atoms with Gasteiger partial charge in [0.1, 0.15) is 0 Å². The summed E-state index contributed by atoms with van der Waals surface area (Å²) in [6.07, 6.45) is 5.52. The molecule has 0 aromatic carbocycles. The fourth-order valence-corrected chi connectivity index (χ4v) is 6.46. The molecule has 0 saturated heterocycles. The van der Waals surface area contributed by atoms with Gasteiger partial charge in [-0.25, -0.2) is 0 Å². The fraction of sp³-hybridized carbons (Fsp3) is 0.765. The first kappa shape index (κ1) is 19.1. The molecule has 1 amide bonds. The summed E-state index contributed by atoms with van der Waals surface area (Å²) < 4.78 is 11.6. The van der Waals surface area contributed by atoms with E-state index >= 15 is 0 Å². The number of carboxylic acid groups (broad SMARTS) is 1. The van der Waals surface area contributed by atoms with Crippen molar-refractivity contribution in [2.75, 3.05) is 19.8 Å². The average molecular weight is 356 g/mol. The van der Waals surface area contributed by atoms with Gasteiger partial charge in [0.05, 0.1) is 11.8 Å². The molecule has 0 heterocycles. The molecule has 6 nitrogen and oxygen atoms in total. The van der Waals surface area contributed by atoms with Gasteiger partial charge in [-0.3, -0.25) is 9.59 Å². The van der Waals surface area contributed by atoms with Crippen LogP contribution in [0.4, 0.5) is 0 Å². The van der Waals surface area contributed by atoms with E-state index in [0.29, 0.717) is 19.8 Å². The van der Waals surface area contributed by atoms with Crippen LogP contribution in [0.1, 0.15) is 26.7 Å². The highest BCUT2D eigenvalue weighted by Crippen LogP contribution is 2.48. The van der Waals surface area contributed by atoms with Crippen molar-refractivity contribution >= 4 is 20.4 Å². The predicted molar refractivity (Wildman–Crippen MR) is 92.7 cm³/mol. The number of amides is 1. The lowest BCUT2D eigenvalue weighted by Gasteiger charge is -2.26. The minimum absolute atomic E-state index is 0.00913. The SMILES string of the molecule is CCO[Si](C)(CCCNC(=O)C1C(C(=O)O)[C@@H]2C=C[C@H]1C2)OCC. The molecule has 1 fully saturated rings. The van der Waals surface area contributed by atoms with Crippen molar-refractivity contribution in [1.29, 1.82) is 0 Å². The number of carbonyl (C=O) groups is 2. The van der Waals surface area contributed by atoms with Crippen LogP contribution in [0.25, 0.3) is 0 Å². The molecule has 0 spiro atoms. The van der Waals surface area contributed by atoms with E-state index in [-0.39, 0.29) is 17.7 Å². The summed E-state index contributed by atoms with van der Waals surface area (Å²) in [4.78, 5) is 23.9. The van der Waals surface area contributed by atoms with Crippen LogP contribution in [-0.4, -0.2) is 45.3 Å². The predicted octanol–water partition coefficient (Wildman–Crippen LogP) is 2.16. The first-order valence-corrected chi connectivity index (χ1v) is 11.4. The number of hydrogen-bond acceptors (Lipinski definition) is 4. The highest BCUT2D eigenvalue weighted by molar-refractivity contribution is 6.66. The van der Waals surface area contributed by atoms with Crippen molar-refractivity contribution in [2.24, 2.45) is 23.7 Å². The van der Waals surface area contributed by atoms with Crippen LogP contribution in [0.15, 0.2) is 12.2 Å². The molecular weight excluding hydrogens is 326 g/mol. The standard InChI is InChI=1S/C17H29NO5Si/c1-4-22-24(3,23-5-2)10-6-9-18-16(19)14-12-7-8-13(11-12)15(14)17(20)21/h7-8,12-15H,4-6,9-11H2,1-3H3,(H,18,19)(H,20,21)/t12-,13+,14?,15?/m0/s1. The van der Waals surface area contributed by atoms with Gasteiger partial charge >= 0.3 is 14.5 Å². The monoisotopic (exact) mass is 355 g/mol. The molecule has 0 radical (unpaired) electrons. The van der Waals surface area contributed by atoms with Crippen LogP contribution in [0.5, 0.6) is 0 Å². The average Bonchev–Trinajstić information content (AvgIpc) is 3.12. The number of aliphatic carboxylic acids is 1.